The molecule has 0 unspecified atom stereocenters. The molecule has 1 N–H and O–H groups in total. The number of nitrogens with zero attached hydrogens (tertiary/aromatic N) is 3. The molecule has 1 aromatic rings. The molecule has 0 spiro atoms. The fraction of sp³-hybridized carbons (Fsp3) is 0.786. The molecule has 0 aromatic carbocycles. The van der Waals surface area contributed by atoms with E-state index in [-0.39, 0.29) is 5.91 Å². The number of aromatic nitrogens is 3. The van der Waals surface area contributed by atoms with Gasteiger partial charge in [0.05, 0.1) is 5.75 Å². The Morgan fingerprint density at radius 2 is 2.29 bits per heavy atom. The number of nitrogens with one attached hydrogen (secondary N) is 1. The number of carbonyl (C=O) groups excluding carboxylic acids is 1. The maximum absolute atomic E-state index is 12.0. The van der Waals surface area contributed by atoms with Crippen molar-refractivity contribution in [3.8, 4) is 0 Å². The van der Waals surface area contributed by atoms with Crippen LogP contribution in [0.25, 0.3) is 0 Å². The number of aryl methyl sites for hydroxylation is 1. The average Bonchev–Trinajstić information content (AvgIpc) is 2.94. The number of carbonyl (C=O) groups is 1. The van der Waals surface area contributed by atoms with Gasteiger partial charge in [0, 0.05) is 26.3 Å². The zero-order chi connectivity index (χ0) is 14.9. The minimum absolute atomic E-state index is 0.0957. The number of methoxy groups -OCH3 is 1. The van der Waals surface area contributed by atoms with Crippen LogP contribution in [0, 0.1) is 0 Å². The Balaban J connectivity index is 1.71. The summed E-state index contributed by atoms with van der Waals surface area (Å²) in [5.74, 6) is 0.498. The lowest BCUT2D eigenvalue weighted by Gasteiger charge is -2.22. The lowest BCUT2D eigenvalue weighted by Crippen LogP contribution is -2.37. The van der Waals surface area contributed by atoms with Gasteiger partial charge in [0.2, 0.25) is 5.91 Å². The molecule has 1 heterocycles. The van der Waals surface area contributed by atoms with Crippen molar-refractivity contribution in [2.75, 3.05) is 19.5 Å². The lowest BCUT2D eigenvalue weighted by molar-refractivity contribution is -0.119. The number of hydrogen-bond donors (Lipinski definition) is 1. The summed E-state index contributed by atoms with van der Waals surface area (Å²) in [6.07, 6.45) is 8.60. The summed E-state index contributed by atoms with van der Waals surface area (Å²) in [4.78, 5) is 12.0. The van der Waals surface area contributed by atoms with Crippen molar-refractivity contribution in [3.05, 3.63) is 6.33 Å². The topological polar surface area (TPSA) is 69.0 Å². The van der Waals surface area contributed by atoms with Gasteiger partial charge in [-0.1, -0.05) is 31.0 Å². The molecular formula is C14H24N4O2S. The molecule has 0 atom stereocenters. The smallest absolute Gasteiger partial charge is 0.230 e. The monoisotopic (exact) mass is 312 g/mol. The van der Waals surface area contributed by atoms with Crippen LogP contribution < -0.4 is 5.32 Å². The molecule has 6 nitrogen and oxygen atoms in total. The molecule has 1 saturated carbocycles. The second-order valence-corrected chi connectivity index (χ2v) is 6.29. The average molecular weight is 312 g/mol. The molecular weight excluding hydrogens is 288 g/mol. The van der Waals surface area contributed by atoms with E-state index >= 15 is 0 Å². The summed E-state index contributed by atoms with van der Waals surface area (Å²) in [5, 5.41) is 11.9. The van der Waals surface area contributed by atoms with Crippen molar-refractivity contribution in [1.82, 2.24) is 20.1 Å². The maximum Gasteiger partial charge on any atom is 0.230 e. The lowest BCUT2D eigenvalue weighted by atomic mass is 9.95. The van der Waals surface area contributed by atoms with Gasteiger partial charge in [-0.15, -0.1) is 10.2 Å². The molecule has 1 fully saturated rings. The van der Waals surface area contributed by atoms with Crippen LogP contribution in [0.5, 0.6) is 0 Å². The van der Waals surface area contributed by atoms with Crippen LogP contribution in [0.2, 0.25) is 0 Å². The molecule has 1 aliphatic carbocycles. The second-order valence-electron chi connectivity index (χ2n) is 5.34. The summed E-state index contributed by atoms with van der Waals surface area (Å²) in [6.45, 7) is 1.53. The Hall–Kier alpha value is -1.08. The summed E-state index contributed by atoms with van der Waals surface area (Å²) < 4.78 is 7.01. The van der Waals surface area contributed by atoms with Gasteiger partial charge < -0.3 is 14.6 Å². The Morgan fingerprint density at radius 1 is 1.48 bits per heavy atom. The van der Waals surface area contributed by atoms with Crippen LogP contribution in [-0.2, 0) is 16.1 Å². The molecule has 21 heavy (non-hydrogen) atoms. The molecule has 0 aliphatic heterocycles. The standard InChI is InChI=1S/C14H24N4O2S/c1-20-9-5-8-18-11-15-17-14(18)21-10-13(19)16-12-6-3-2-4-7-12/h11-12H,2-10H2,1H3,(H,16,19). The summed E-state index contributed by atoms with van der Waals surface area (Å²) >= 11 is 1.44. The van der Waals surface area contributed by atoms with E-state index in [1.165, 1.54) is 31.0 Å². The SMILES string of the molecule is COCCCn1cnnc1SCC(=O)NC1CCCCC1. The highest BCUT2D eigenvalue weighted by molar-refractivity contribution is 7.99. The van der Waals surface area contributed by atoms with Crippen LogP contribution in [0.4, 0.5) is 0 Å². The molecule has 1 aliphatic rings. The Kier molecular flexibility index (Phi) is 7.02. The minimum atomic E-state index is 0.0957. The number of thioether (sulfide) groups is 1. The van der Waals surface area contributed by atoms with Gasteiger partial charge in [-0.25, -0.2) is 0 Å². The number of hydrogen-bond acceptors (Lipinski definition) is 5. The first kappa shape index (κ1) is 16.3. The van der Waals surface area contributed by atoms with E-state index in [1.807, 2.05) is 4.57 Å². The van der Waals surface area contributed by atoms with E-state index in [0.29, 0.717) is 18.4 Å². The molecule has 0 saturated heterocycles. The fourth-order valence-corrected chi connectivity index (χ4v) is 3.29. The van der Waals surface area contributed by atoms with Crippen LogP contribution in [0.3, 0.4) is 0 Å². The minimum Gasteiger partial charge on any atom is -0.385 e. The largest absolute Gasteiger partial charge is 0.385 e. The third kappa shape index (κ3) is 5.67. The van der Waals surface area contributed by atoms with Crippen molar-refractivity contribution in [1.29, 1.82) is 0 Å². The Morgan fingerprint density at radius 3 is 3.05 bits per heavy atom. The molecule has 0 radical (unpaired) electrons. The predicted octanol–water partition coefficient (Wildman–Crippen LogP) is 1.86. The molecule has 2 rings (SSSR count). The van der Waals surface area contributed by atoms with Crippen molar-refractivity contribution in [2.45, 2.75) is 56.3 Å². The molecule has 0 bridgehead atoms. The van der Waals surface area contributed by atoms with Crippen molar-refractivity contribution in [2.24, 2.45) is 0 Å². The van der Waals surface area contributed by atoms with Gasteiger partial charge >= 0.3 is 0 Å². The highest BCUT2D eigenvalue weighted by atomic mass is 32.2. The first-order chi connectivity index (χ1) is 10.3. The van der Waals surface area contributed by atoms with Crippen LogP contribution >= 0.6 is 11.8 Å². The van der Waals surface area contributed by atoms with Gasteiger partial charge in [0.1, 0.15) is 6.33 Å². The quantitative estimate of drug-likeness (QED) is 0.586. The van der Waals surface area contributed by atoms with Gasteiger partial charge in [-0.05, 0) is 19.3 Å². The molecule has 118 valence electrons. The summed E-state index contributed by atoms with van der Waals surface area (Å²) in [5.41, 5.74) is 0. The van der Waals surface area contributed by atoms with Gasteiger partial charge in [0.25, 0.3) is 0 Å². The number of rotatable bonds is 8. The summed E-state index contributed by atoms with van der Waals surface area (Å²) in [7, 11) is 1.69. The van der Waals surface area contributed by atoms with Gasteiger partial charge in [-0.3, -0.25) is 4.79 Å². The second kappa shape index (κ2) is 9.04. The van der Waals surface area contributed by atoms with E-state index in [2.05, 4.69) is 15.5 Å². The normalized spacial score (nSPS) is 16.0. The zero-order valence-electron chi connectivity index (χ0n) is 12.6. The highest BCUT2D eigenvalue weighted by Gasteiger charge is 2.16. The van der Waals surface area contributed by atoms with E-state index in [1.54, 1.807) is 13.4 Å². The Bertz CT molecular complexity index is 432. The summed E-state index contributed by atoms with van der Waals surface area (Å²) in [6, 6.07) is 0.367. The first-order valence-corrected chi connectivity index (χ1v) is 8.57. The van der Waals surface area contributed by atoms with Crippen LogP contribution in [-0.4, -0.2) is 46.2 Å². The van der Waals surface area contributed by atoms with Crippen molar-refractivity contribution in [3.63, 3.8) is 0 Å². The van der Waals surface area contributed by atoms with E-state index in [4.69, 9.17) is 4.74 Å². The van der Waals surface area contributed by atoms with E-state index < -0.39 is 0 Å². The first-order valence-electron chi connectivity index (χ1n) is 7.58. The Labute approximate surface area is 130 Å². The van der Waals surface area contributed by atoms with Gasteiger partial charge in [0.15, 0.2) is 5.16 Å². The molecule has 1 aromatic heterocycles. The van der Waals surface area contributed by atoms with E-state index in [0.717, 1.165) is 31.0 Å². The molecule has 7 heteroatoms. The van der Waals surface area contributed by atoms with Crippen molar-refractivity contribution < 1.29 is 9.53 Å². The fourth-order valence-electron chi connectivity index (χ4n) is 2.54. The van der Waals surface area contributed by atoms with Gasteiger partial charge in [-0.2, -0.15) is 0 Å². The highest BCUT2D eigenvalue weighted by Crippen LogP contribution is 2.18. The maximum atomic E-state index is 12.0. The van der Waals surface area contributed by atoms with E-state index in [9.17, 15) is 4.79 Å². The molecule has 1 amide bonds. The third-order valence-electron chi connectivity index (χ3n) is 3.63. The predicted molar refractivity (Wildman–Crippen MR) is 82.3 cm³/mol. The van der Waals surface area contributed by atoms with Crippen LogP contribution in [0.15, 0.2) is 11.5 Å². The third-order valence-corrected chi connectivity index (χ3v) is 4.61. The number of ether oxygens (including phenoxy) is 1. The van der Waals surface area contributed by atoms with Crippen molar-refractivity contribution >= 4 is 17.7 Å². The number of amides is 1. The zero-order valence-corrected chi connectivity index (χ0v) is 13.4. The van der Waals surface area contributed by atoms with Crippen LogP contribution in [0.1, 0.15) is 38.5 Å².